The Balaban J connectivity index is 1.24. The maximum absolute atomic E-state index is 12.2. The van der Waals surface area contributed by atoms with Crippen LogP contribution in [-0.2, 0) is 4.79 Å². The quantitative estimate of drug-likeness (QED) is 0.659. The van der Waals surface area contributed by atoms with E-state index in [9.17, 15) is 9.59 Å². The lowest BCUT2D eigenvalue weighted by Crippen LogP contribution is -2.45. The van der Waals surface area contributed by atoms with Crippen LogP contribution in [0.4, 0.5) is 0 Å². The van der Waals surface area contributed by atoms with Crippen LogP contribution in [0.3, 0.4) is 0 Å². The van der Waals surface area contributed by atoms with Crippen molar-refractivity contribution in [1.29, 1.82) is 0 Å². The number of carbonyl (C=O) groups excluding carboxylic acids is 1. The number of carboxylic acids is 1. The molecule has 2 N–H and O–H groups in total. The van der Waals surface area contributed by atoms with Crippen LogP contribution in [0.2, 0.25) is 0 Å². The Morgan fingerprint density at radius 3 is 2.96 bits per heavy atom. The Bertz CT molecular complexity index is 680. The second-order valence-corrected chi connectivity index (χ2v) is 9.82. The number of hydrogen-bond donors (Lipinski definition) is 2. The van der Waals surface area contributed by atoms with Crippen molar-refractivity contribution in [2.24, 2.45) is 11.8 Å². The summed E-state index contributed by atoms with van der Waals surface area (Å²) in [5, 5.41) is 14.2. The third-order valence-corrected chi connectivity index (χ3v) is 8.07. The topological polar surface area (TPSA) is 82.5 Å². The van der Waals surface area contributed by atoms with Gasteiger partial charge in [0.25, 0.3) is 0 Å². The first-order chi connectivity index (χ1) is 12.6. The first-order valence-corrected chi connectivity index (χ1v) is 11.3. The molecule has 0 aromatic carbocycles. The van der Waals surface area contributed by atoms with Crippen molar-refractivity contribution in [3.63, 3.8) is 0 Å². The molecule has 1 aliphatic heterocycles. The van der Waals surface area contributed by atoms with E-state index in [1.165, 1.54) is 48.8 Å². The van der Waals surface area contributed by atoms with Crippen LogP contribution in [0.1, 0.15) is 49.0 Å². The molecule has 1 amide bonds. The molecule has 0 unspecified atom stereocenters. The average Bonchev–Trinajstić information content (AvgIpc) is 3.38. The van der Waals surface area contributed by atoms with Crippen molar-refractivity contribution in [3.05, 3.63) is 11.1 Å². The maximum Gasteiger partial charge on any atom is 0.355 e. The molecule has 2 aliphatic carbocycles. The highest BCUT2D eigenvalue weighted by Gasteiger charge is 2.40. The van der Waals surface area contributed by atoms with Gasteiger partial charge in [-0.2, -0.15) is 0 Å². The van der Waals surface area contributed by atoms with Crippen molar-refractivity contribution in [2.45, 2.75) is 54.9 Å². The number of carboxylic acid groups (broad SMARTS) is 1. The van der Waals surface area contributed by atoms with E-state index in [1.54, 1.807) is 5.38 Å². The number of carbonyl (C=O) groups is 2. The monoisotopic (exact) mass is 395 g/mol. The normalized spacial score (nSPS) is 30.5. The van der Waals surface area contributed by atoms with E-state index in [0.717, 1.165) is 34.9 Å². The van der Waals surface area contributed by atoms with Gasteiger partial charge in [-0.05, 0) is 37.5 Å². The summed E-state index contributed by atoms with van der Waals surface area (Å²) in [6.45, 7) is 1.61. The van der Waals surface area contributed by atoms with E-state index >= 15 is 0 Å². The summed E-state index contributed by atoms with van der Waals surface area (Å²) in [5.74, 6) is 1.80. The number of thiazole rings is 1. The average molecular weight is 396 g/mol. The number of aromatic nitrogens is 1. The van der Waals surface area contributed by atoms with Crippen molar-refractivity contribution < 1.29 is 14.7 Å². The Morgan fingerprint density at radius 1 is 1.38 bits per heavy atom. The number of nitrogens with zero attached hydrogens (tertiary/aromatic N) is 2. The number of amides is 1. The number of rotatable bonds is 8. The van der Waals surface area contributed by atoms with E-state index in [-0.39, 0.29) is 11.6 Å². The fourth-order valence-corrected chi connectivity index (χ4v) is 6.56. The number of thioether (sulfide) groups is 1. The van der Waals surface area contributed by atoms with Gasteiger partial charge < -0.3 is 15.3 Å². The summed E-state index contributed by atoms with van der Waals surface area (Å²) in [5.41, 5.74) is 0.0997. The Morgan fingerprint density at radius 2 is 2.27 bits per heavy atom. The lowest BCUT2D eigenvalue weighted by molar-refractivity contribution is -0.128. The molecule has 4 atom stereocenters. The predicted octanol–water partition coefficient (Wildman–Crippen LogP) is 2.70. The van der Waals surface area contributed by atoms with E-state index in [2.05, 4.69) is 10.3 Å². The number of nitrogens with one attached hydrogen (secondary N) is 1. The van der Waals surface area contributed by atoms with Gasteiger partial charge in [-0.15, -0.1) is 11.3 Å². The van der Waals surface area contributed by atoms with E-state index in [1.807, 2.05) is 4.90 Å². The molecule has 0 radical (unpaired) electrons. The Kier molecular flexibility index (Phi) is 5.52. The van der Waals surface area contributed by atoms with Gasteiger partial charge in [0.2, 0.25) is 5.91 Å². The fraction of sp³-hybridized carbons (Fsp3) is 0.722. The van der Waals surface area contributed by atoms with E-state index < -0.39 is 5.97 Å². The molecule has 8 heteroatoms. The van der Waals surface area contributed by atoms with Crippen molar-refractivity contribution >= 4 is 35.0 Å². The summed E-state index contributed by atoms with van der Waals surface area (Å²) in [6, 6.07) is 0.957. The van der Waals surface area contributed by atoms with Gasteiger partial charge in [0.15, 0.2) is 10.0 Å². The molecule has 3 aliphatic rings. The minimum Gasteiger partial charge on any atom is -0.476 e. The van der Waals surface area contributed by atoms with Gasteiger partial charge in [-0.1, -0.05) is 18.2 Å². The van der Waals surface area contributed by atoms with Gasteiger partial charge in [-0.3, -0.25) is 4.79 Å². The first-order valence-electron chi connectivity index (χ1n) is 9.44. The van der Waals surface area contributed by atoms with Crippen molar-refractivity contribution in [1.82, 2.24) is 15.2 Å². The lowest BCUT2D eigenvalue weighted by Gasteiger charge is -2.29. The SMILES string of the molecule is O=C(O)c1csc(SCCN2C(=O)CC[C@@H]2CN[C@@H]2C[C@H]3CC[C@@H]2C3)n1. The lowest BCUT2D eigenvalue weighted by atomic mass is 9.95. The summed E-state index contributed by atoms with van der Waals surface area (Å²) in [7, 11) is 0. The highest BCUT2D eigenvalue weighted by molar-refractivity contribution is 8.01. The Labute approximate surface area is 161 Å². The molecule has 6 nitrogen and oxygen atoms in total. The molecule has 4 rings (SSSR count). The van der Waals surface area contributed by atoms with Gasteiger partial charge in [0, 0.05) is 42.7 Å². The van der Waals surface area contributed by atoms with Crippen LogP contribution >= 0.6 is 23.1 Å². The molecule has 2 saturated carbocycles. The van der Waals surface area contributed by atoms with Gasteiger partial charge >= 0.3 is 5.97 Å². The standard InChI is InChI=1S/C18H25N3O3S2/c22-16-4-3-13(9-19-14-8-11-1-2-12(14)7-11)21(16)5-6-25-18-20-15(10-26-18)17(23)24/h10-14,19H,1-9H2,(H,23,24)/t11-,12+,13+,14+/m0/s1. The smallest absolute Gasteiger partial charge is 0.355 e. The molecular weight excluding hydrogens is 370 g/mol. The third-order valence-electron chi connectivity index (χ3n) is 6.07. The zero-order valence-corrected chi connectivity index (χ0v) is 16.4. The molecule has 26 heavy (non-hydrogen) atoms. The van der Waals surface area contributed by atoms with Crippen LogP contribution in [0.15, 0.2) is 9.72 Å². The largest absolute Gasteiger partial charge is 0.476 e. The predicted molar refractivity (Wildman–Crippen MR) is 102 cm³/mol. The van der Waals surface area contributed by atoms with Gasteiger partial charge in [0.05, 0.1) is 0 Å². The zero-order valence-electron chi connectivity index (χ0n) is 14.7. The minimum absolute atomic E-state index is 0.0997. The summed E-state index contributed by atoms with van der Waals surface area (Å²) in [6.07, 6.45) is 7.09. The molecule has 0 spiro atoms. The first kappa shape index (κ1) is 18.3. The van der Waals surface area contributed by atoms with E-state index in [4.69, 9.17) is 5.11 Å². The summed E-state index contributed by atoms with van der Waals surface area (Å²) >= 11 is 2.88. The maximum atomic E-state index is 12.2. The Hall–Kier alpha value is -1.12. The van der Waals surface area contributed by atoms with Crippen LogP contribution in [0.5, 0.6) is 0 Å². The number of aromatic carboxylic acids is 1. The highest BCUT2D eigenvalue weighted by Crippen LogP contribution is 2.44. The molecule has 1 aromatic heterocycles. The van der Waals surface area contributed by atoms with Crippen molar-refractivity contribution in [2.75, 3.05) is 18.8 Å². The number of fused-ring (bicyclic) bond motifs is 2. The van der Waals surface area contributed by atoms with Crippen LogP contribution in [-0.4, -0.2) is 57.8 Å². The fourth-order valence-electron chi connectivity index (χ4n) is 4.75. The van der Waals surface area contributed by atoms with Crippen molar-refractivity contribution in [3.8, 4) is 0 Å². The van der Waals surface area contributed by atoms with Crippen LogP contribution in [0, 0.1) is 11.8 Å². The van der Waals surface area contributed by atoms with Crippen LogP contribution < -0.4 is 5.32 Å². The second kappa shape index (κ2) is 7.86. The molecule has 2 bridgehead atoms. The van der Waals surface area contributed by atoms with E-state index in [0.29, 0.717) is 25.0 Å². The third kappa shape index (κ3) is 3.92. The van der Waals surface area contributed by atoms with Gasteiger partial charge in [-0.25, -0.2) is 9.78 Å². The molecule has 1 saturated heterocycles. The zero-order chi connectivity index (χ0) is 18.1. The second-order valence-electron chi connectivity index (χ2n) is 7.62. The minimum atomic E-state index is -0.991. The number of hydrogen-bond acceptors (Lipinski definition) is 6. The highest BCUT2D eigenvalue weighted by atomic mass is 32.2. The molecule has 3 fully saturated rings. The molecule has 142 valence electrons. The summed E-state index contributed by atoms with van der Waals surface area (Å²) < 4.78 is 0.755. The molecule has 1 aromatic rings. The number of likely N-dealkylation sites (tertiary alicyclic amines) is 1. The van der Waals surface area contributed by atoms with Gasteiger partial charge in [0.1, 0.15) is 0 Å². The molecule has 2 heterocycles. The van der Waals surface area contributed by atoms with Crippen LogP contribution in [0.25, 0.3) is 0 Å². The summed E-state index contributed by atoms with van der Waals surface area (Å²) in [4.78, 5) is 29.2. The molecular formula is C18H25N3O3S2.